The number of sulfonamides is 1. The summed E-state index contributed by atoms with van der Waals surface area (Å²) in [7, 11) is -1.58. The van der Waals surface area contributed by atoms with Crippen LogP contribution < -0.4 is 4.72 Å². The van der Waals surface area contributed by atoms with Gasteiger partial charge < -0.3 is 10.0 Å². The van der Waals surface area contributed by atoms with Crippen LogP contribution in [0.2, 0.25) is 0 Å². The van der Waals surface area contributed by atoms with Crippen LogP contribution in [0.5, 0.6) is 0 Å². The van der Waals surface area contributed by atoms with Gasteiger partial charge in [0.2, 0.25) is 0 Å². The zero-order valence-electron chi connectivity index (χ0n) is 11.0. The lowest BCUT2D eigenvalue weighted by atomic mass is 9.99. The molecule has 0 aliphatic carbocycles. The van der Waals surface area contributed by atoms with Crippen molar-refractivity contribution in [2.45, 2.75) is 24.5 Å². The van der Waals surface area contributed by atoms with Gasteiger partial charge >= 0.3 is 0 Å². The van der Waals surface area contributed by atoms with Gasteiger partial charge in [-0.1, -0.05) is 0 Å². The van der Waals surface area contributed by atoms with Crippen molar-refractivity contribution in [3.63, 3.8) is 0 Å². The highest BCUT2D eigenvalue weighted by molar-refractivity contribution is 7.89. The lowest BCUT2D eigenvalue weighted by Crippen LogP contribution is -2.39. The quantitative estimate of drug-likeness (QED) is 0.680. The minimum absolute atomic E-state index is 0.0424. The van der Waals surface area contributed by atoms with Crippen LogP contribution in [0.15, 0.2) is 11.2 Å². The van der Waals surface area contributed by atoms with E-state index in [2.05, 4.69) is 19.8 Å². The van der Waals surface area contributed by atoms with E-state index < -0.39 is 10.0 Å². The first-order valence-corrected chi connectivity index (χ1v) is 7.82. The molecule has 0 saturated carbocycles. The van der Waals surface area contributed by atoms with Gasteiger partial charge in [0.25, 0.3) is 10.0 Å². The van der Waals surface area contributed by atoms with Gasteiger partial charge in [-0.3, -0.25) is 5.10 Å². The number of H-pyrrole nitrogens is 1. The summed E-state index contributed by atoms with van der Waals surface area (Å²) >= 11 is 0. The second-order valence-electron chi connectivity index (χ2n) is 5.00. The van der Waals surface area contributed by atoms with Crippen LogP contribution in [-0.2, 0) is 16.6 Å². The second kappa shape index (κ2) is 6.00. The predicted molar refractivity (Wildman–Crippen MR) is 69.9 cm³/mol. The zero-order chi connectivity index (χ0) is 13.9. The van der Waals surface area contributed by atoms with Crippen molar-refractivity contribution in [2.75, 3.05) is 26.7 Å². The summed E-state index contributed by atoms with van der Waals surface area (Å²) in [6.07, 6.45) is 3.44. The highest BCUT2D eigenvalue weighted by atomic mass is 32.2. The first-order chi connectivity index (χ1) is 9.03. The van der Waals surface area contributed by atoms with Crippen molar-refractivity contribution in [1.82, 2.24) is 19.8 Å². The summed E-state index contributed by atoms with van der Waals surface area (Å²) in [6, 6.07) is 0. The smallest absolute Gasteiger partial charge is 0.257 e. The molecule has 2 heterocycles. The molecule has 108 valence electrons. The minimum atomic E-state index is -3.62. The SMILES string of the molecule is CN1CCCC(CNS(=O)(=O)c2[nH]ncc2CO)C1. The Hall–Kier alpha value is -0.960. The highest BCUT2D eigenvalue weighted by Gasteiger charge is 2.23. The third-order valence-electron chi connectivity index (χ3n) is 3.40. The van der Waals surface area contributed by atoms with Gasteiger partial charge in [0.1, 0.15) is 0 Å². The fraction of sp³-hybridized carbons (Fsp3) is 0.727. The number of hydrogen-bond donors (Lipinski definition) is 3. The fourth-order valence-corrected chi connectivity index (χ4v) is 3.62. The van der Waals surface area contributed by atoms with Gasteiger partial charge in [0.15, 0.2) is 5.03 Å². The number of nitrogens with zero attached hydrogens (tertiary/aromatic N) is 2. The standard InChI is InChI=1S/C11H20N4O3S/c1-15-4-2-3-9(7-15)5-13-19(17,18)11-10(8-16)6-12-14-11/h6,9,13,16H,2-5,7-8H2,1H3,(H,12,14). The number of rotatable bonds is 5. The molecular formula is C11H20N4O3S. The first kappa shape index (κ1) is 14.4. The van der Waals surface area contributed by atoms with Crippen LogP contribution in [-0.4, -0.2) is 55.3 Å². The molecule has 1 saturated heterocycles. The molecule has 0 spiro atoms. The van der Waals surface area contributed by atoms with Gasteiger partial charge in [-0.2, -0.15) is 5.10 Å². The van der Waals surface area contributed by atoms with Crippen LogP contribution in [0, 0.1) is 5.92 Å². The zero-order valence-corrected chi connectivity index (χ0v) is 11.8. The molecular weight excluding hydrogens is 268 g/mol. The summed E-state index contributed by atoms with van der Waals surface area (Å²) < 4.78 is 26.8. The molecule has 0 bridgehead atoms. The third kappa shape index (κ3) is 3.53. The number of likely N-dealkylation sites (tertiary alicyclic amines) is 1. The van der Waals surface area contributed by atoms with Crippen LogP contribution >= 0.6 is 0 Å². The number of aromatic amines is 1. The maximum Gasteiger partial charge on any atom is 0.257 e. The van der Waals surface area contributed by atoms with Gasteiger partial charge in [-0.25, -0.2) is 13.1 Å². The fourth-order valence-electron chi connectivity index (χ4n) is 2.38. The van der Waals surface area contributed by atoms with E-state index in [1.807, 2.05) is 7.05 Å². The van der Waals surface area contributed by atoms with Crippen molar-refractivity contribution in [1.29, 1.82) is 0 Å². The lowest BCUT2D eigenvalue weighted by molar-refractivity contribution is 0.211. The number of aliphatic hydroxyl groups excluding tert-OH is 1. The van der Waals surface area contributed by atoms with Crippen molar-refractivity contribution in [3.8, 4) is 0 Å². The molecule has 2 rings (SSSR count). The first-order valence-electron chi connectivity index (χ1n) is 6.34. The monoisotopic (exact) mass is 288 g/mol. The molecule has 8 heteroatoms. The van der Waals surface area contributed by atoms with E-state index in [4.69, 9.17) is 5.11 Å². The number of piperidine rings is 1. The molecule has 3 N–H and O–H groups in total. The van der Waals surface area contributed by atoms with Gasteiger partial charge in [0.05, 0.1) is 12.8 Å². The van der Waals surface area contributed by atoms with E-state index >= 15 is 0 Å². The average molecular weight is 288 g/mol. The van der Waals surface area contributed by atoms with Crippen LogP contribution in [0.25, 0.3) is 0 Å². The Kier molecular flexibility index (Phi) is 4.56. The number of aliphatic hydroxyl groups is 1. The normalized spacial score (nSPS) is 21.7. The van der Waals surface area contributed by atoms with Crippen LogP contribution in [0.1, 0.15) is 18.4 Å². The Morgan fingerprint density at radius 1 is 1.63 bits per heavy atom. The largest absolute Gasteiger partial charge is 0.392 e. The van der Waals surface area contributed by atoms with E-state index in [0.29, 0.717) is 12.5 Å². The maximum atomic E-state index is 12.1. The summed E-state index contributed by atoms with van der Waals surface area (Å²) in [6.45, 7) is 2.03. The average Bonchev–Trinajstić information content (AvgIpc) is 2.86. The second-order valence-corrected chi connectivity index (χ2v) is 6.71. The molecule has 0 aromatic carbocycles. The van der Waals surface area contributed by atoms with Crippen molar-refractivity contribution in [3.05, 3.63) is 11.8 Å². The van der Waals surface area contributed by atoms with E-state index in [1.54, 1.807) is 0 Å². The highest BCUT2D eigenvalue weighted by Crippen LogP contribution is 2.16. The van der Waals surface area contributed by atoms with Gasteiger partial charge in [-0.05, 0) is 32.4 Å². The number of hydrogen-bond acceptors (Lipinski definition) is 5. The number of aromatic nitrogens is 2. The Morgan fingerprint density at radius 2 is 2.42 bits per heavy atom. The van der Waals surface area contributed by atoms with Gasteiger partial charge in [0, 0.05) is 18.7 Å². The van der Waals surface area contributed by atoms with E-state index in [-0.39, 0.29) is 17.2 Å². The Balaban J connectivity index is 1.98. The summed E-state index contributed by atoms with van der Waals surface area (Å²) in [5.41, 5.74) is 0.285. The molecule has 7 nitrogen and oxygen atoms in total. The maximum absolute atomic E-state index is 12.1. The van der Waals surface area contributed by atoms with E-state index in [1.165, 1.54) is 6.20 Å². The van der Waals surface area contributed by atoms with Crippen molar-refractivity contribution in [2.24, 2.45) is 5.92 Å². The van der Waals surface area contributed by atoms with E-state index in [9.17, 15) is 8.42 Å². The minimum Gasteiger partial charge on any atom is -0.392 e. The Bertz CT molecular complexity index is 514. The summed E-state index contributed by atoms with van der Waals surface area (Å²) in [4.78, 5) is 2.21. The van der Waals surface area contributed by atoms with Crippen LogP contribution in [0.3, 0.4) is 0 Å². The van der Waals surface area contributed by atoms with Gasteiger partial charge in [-0.15, -0.1) is 0 Å². The molecule has 1 aromatic heterocycles. The molecule has 1 unspecified atom stereocenters. The Morgan fingerprint density at radius 3 is 3.11 bits per heavy atom. The molecule has 1 fully saturated rings. The molecule has 1 aliphatic heterocycles. The molecule has 19 heavy (non-hydrogen) atoms. The molecule has 0 amide bonds. The molecule has 1 atom stereocenters. The molecule has 1 aliphatic rings. The summed E-state index contributed by atoms with van der Waals surface area (Å²) in [5.74, 6) is 0.328. The predicted octanol–water partition coefficient (Wildman–Crippen LogP) is -0.478. The number of nitrogens with one attached hydrogen (secondary N) is 2. The summed E-state index contributed by atoms with van der Waals surface area (Å²) in [5, 5.41) is 15.1. The van der Waals surface area contributed by atoms with Crippen molar-refractivity contribution < 1.29 is 13.5 Å². The molecule has 1 aromatic rings. The third-order valence-corrected chi connectivity index (χ3v) is 4.84. The molecule has 0 radical (unpaired) electrons. The lowest BCUT2D eigenvalue weighted by Gasteiger charge is -2.29. The Labute approximate surface area is 113 Å². The van der Waals surface area contributed by atoms with E-state index in [0.717, 1.165) is 25.9 Å². The van der Waals surface area contributed by atoms with Crippen molar-refractivity contribution >= 4 is 10.0 Å². The topological polar surface area (TPSA) is 98.3 Å². The van der Waals surface area contributed by atoms with Crippen LogP contribution in [0.4, 0.5) is 0 Å².